The Morgan fingerprint density at radius 3 is 2.69 bits per heavy atom. The molecule has 1 saturated heterocycles. The number of hydrogen-bond donors (Lipinski definition) is 2. The van der Waals surface area contributed by atoms with Crippen molar-refractivity contribution < 1.29 is 9.59 Å². The van der Waals surface area contributed by atoms with Gasteiger partial charge in [0.2, 0.25) is 11.8 Å². The van der Waals surface area contributed by atoms with Gasteiger partial charge in [0, 0.05) is 18.7 Å². The van der Waals surface area contributed by atoms with Crippen molar-refractivity contribution in [2.24, 2.45) is 0 Å². The highest BCUT2D eigenvalue weighted by Gasteiger charge is 2.31. The number of nitrogens with one attached hydrogen (secondary N) is 2. The third kappa shape index (κ3) is 3.43. The van der Waals surface area contributed by atoms with Gasteiger partial charge in [0.1, 0.15) is 0 Å². The normalized spacial score (nSPS) is 21.8. The second kappa shape index (κ2) is 7.20. The molecule has 2 amide bonds. The molecule has 5 nitrogen and oxygen atoms in total. The van der Waals surface area contributed by atoms with Crippen molar-refractivity contribution in [2.75, 3.05) is 18.0 Å². The predicted octanol–water partition coefficient (Wildman–Crippen LogP) is 2.19. The van der Waals surface area contributed by atoms with Crippen LogP contribution < -0.4 is 15.5 Å². The van der Waals surface area contributed by atoms with E-state index in [1.54, 1.807) is 0 Å². The molecule has 2 aromatic rings. The first kappa shape index (κ1) is 16.6. The molecule has 2 atom stereocenters. The fourth-order valence-electron chi connectivity index (χ4n) is 3.93. The number of rotatable bonds is 4. The van der Waals surface area contributed by atoms with Crippen molar-refractivity contribution in [1.82, 2.24) is 10.6 Å². The summed E-state index contributed by atoms with van der Waals surface area (Å²) in [5.41, 5.74) is 3.48. The van der Waals surface area contributed by atoms with Gasteiger partial charge in [-0.05, 0) is 30.0 Å². The monoisotopic (exact) mass is 349 g/mol. The van der Waals surface area contributed by atoms with E-state index < -0.39 is 0 Å². The molecule has 0 aliphatic carbocycles. The molecule has 5 heteroatoms. The summed E-state index contributed by atoms with van der Waals surface area (Å²) in [4.78, 5) is 26.7. The van der Waals surface area contributed by atoms with Gasteiger partial charge in [-0.2, -0.15) is 0 Å². The van der Waals surface area contributed by atoms with Gasteiger partial charge in [-0.3, -0.25) is 9.59 Å². The lowest BCUT2D eigenvalue weighted by molar-refractivity contribution is -0.126. The van der Waals surface area contributed by atoms with Gasteiger partial charge in [0.05, 0.1) is 18.6 Å². The quantitative estimate of drug-likeness (QED) is 0.889. The fourth-order valence-corrected chi connectivity index (χ4v) is 3.93. The zero-order valence-electron chi connectivity index (χ0n) is 14.7. The maximum absolute atomic E-state index is 12.7. The van der Waals surface area contributed by atoms with Gasteiger partial charge in [0.25, 0.3) is 0 Å². The summed E-state index contributed by atoms with van der Waals surface area (Å²) >= 11 is 0. The third-order valence-electron chi connectivity index (χ3n) is 5.22. The van der Waals surface area contributed by atoms with Crippen LogP contribution in [0.4, 0.5) is 5.69 Å². The first-order chi connectivity index (χ1) is 12.7. The van der Waals surface area contributed by atoms with E-state index in [0.29, 0.717) is 19.4 Å². The lowest BCUT2D eigenvalue weighted by Crippen LogP contribution is -2.52. The standard InChI is InChI=1S/C21H23N3O2/c25-19-11-10-17(21(23-19)16-7-2-1-3-8-16)22-20(26)14-24-13-12-15-6-4-5-9-18(15)24/h1-9,17,21H,10-14H2,(H,22,26)(H,23,25)/t17-,21-/m0/s1. The summed E-state index contributed by atoms with van der Waals surface area (Å²) in [6.45, 7) is 1.22. The van der Waals surface area contributed by atoms with Gasteiger partial charge >= 0.3 is 0 Å². The van der Waals surface area contributed by atoms with Gasteiger partial charge < -0.3 is 15.5 Å². The summed E-state index contributed by atoms with van der Waals surface area (Å²) in [5, 5.41) is 6.18. The summed E-state index contributed by atoms with van der Waals surface area (Å²) in [7, 11) is 0. The molecule has 0 unspecified atom stereocenters. The van der Waals surface area contributed by atoms with Gasteiger partial charge in [-0.25, -0.2) is 0 Å². The van der Waals surface area contributed by atoms with Crippen molar-refractivity contribution >= 4 is 17.5 Å². The third-order valence-corrected chi connectivity index (χ3v) is 5.22. The first-order valence-electron chi connectivity index (χ1n) is 9.17. The van der Waals surface area contributed by atoms with E-state index in [2.05, 4.69) is 27.7 Å². The Labute approximate surface area is 153 Å². The molecule has 2 heterocycles. The Kier molecular flexibility index (Phi) is 4.61. The van der Waals surface area contributed by atoms with E-state index in [9.17, 15) is 9.59 Å². The van der Waals surface area contributed by atoms with E-state index in [1.807, 2.05) is 42.5 Å². The van der Waals surface area contributed by atoms with E-state index in [-0.39, 0.29) is 23.9 Å². The van der Waals surface area contributed by atoms with Crippen LogP contribution in [0, 0.1) is 0 Å². The largest absolute Gasteiger partial charge is 0.362 e. The van der Waals surface area contributed by atoms with Crippen molar-refractivity contribution in [2.45, 2.75) is 31.3 Å². The zero-order valence-corrected chi connectivity index (χ0v) is 14.7. The van der Waals surface area contributed by atoms with Gasteiger partial charge in [-0.1, -0.05) is 48.5 Å². The molecule has 0 radical (unpaired) electrons. The highest BCUT2D eigenvalue weighted by Crippen LogP contribution is 2.27. The molecule has 26 heavy (non-hydrogen) atoms. The number of para-hydroxylation sites is 1. The lowest BCUT2D eigenvalue weighted by Gasteiger charge is -2.33. The molecule has 1 fully saturated rings. The number of carbonyl (C=O) groups is 2. The van der Waals surface area contributed by atoms with Crippen molar-refractivity contribution in [3.8, 4) is 0 Å². The second-order valence-corrected chi connectivity index (χ2v) is 6.97. The molecular weight excluding hydrogens is 326 g/mol. The lowest BCUT2D eigenvalue weighted by atomic mass is 9.92. The average Bonchev–Trinajstić information content (AvgIpc) is 3.07. The van der Waals surface area contributed by atoms with E-state index in [4.69, 9.17) is 0 Å². The number of piperidine rings is 1. The minimum Gasteiger partial charge on any atom is -0.362 e. The maximum atomic E-state index is 12.7. The highest BCUT2D eigenvalue weighted by molar-refractivity contribution is 5.83. The number of fused-ring (bicyclic) bond motifs is 1. The molecule has 0 spiro atoms. The van der Waals surface area contributed by atoms with E-state index >= 15 is 0 Å². The van der Waals surface area contributed by atoms with Crippen LogP contribution in [0.2, 0.25) is 0 Å². The maximum Gasteiger partial charge on any atom is 0.239 e. The number of amides is 2. The van der Waals surface area contributed by atoms with Crippen LogP contribution in [0.1, 0.15) is 30.0 Å². The van der Waals surface area contributed by atoms with Crippen LogP contribution in [-0.2, 0) is 16.0 Å². The smallest absolute Gasteiger partial charge is 0.239 e. The van der Waals surface area contributed by atoms with E-state index in [0.717, 1.165) is 24.2 Å². The molecule has 0 aromatic heterocycles. The van der Waals surface area contributed by atoms with Crippen LogP contribution in [-0.4, -0.2) is 30.9 Å². The Hall–Kier alpha value is -2.82. The van der Waals surface area contributed by atoms with E-state index in [1.165, 1.54) is 5.56 Å². The number of carbonyl (C=O) groups excluding carboxylic acids is 2. The molecule has 2 aliphatic rings. The summed E-state index contributed by atoms with van der Waals surface area (Å²) in [6, 6.07) is 17.8. The summed E-state index contributed by atoms with van der Waals surface area (Å²) in [6.07, 6.45) is 2.09. The Morgan fingerprint density at radius 2 is 1.85 bits per heavy atom. The number of nitrogens with zero attached hydrogens (tertiary/aromatic N) is 1. The molecule has 0 saturated carbocycles. The summed E-state index contributed by atoms with van der Waals surface area (Å²) in [5.74, 6) is 0.0432. The minimum atomic E-state index is -0.174. The first-order valence-corrected chi connectivity index (χ1v) is 9.17. The number of anilines is 1. The second-order valence-electron chi connectivity index (χ2n) is 6.97. The van der Waals surface area contributed by atoms with Crippen molar-refractivity contribution in [3.63, 3.8) is 0 Å². The van der Waals surface area contributed by atoms with Crippen LogP contribution >= 0.6 is 0 Å². The van der Waals surface area contributed by atoms with Crippen LogP contribution in [0.15, 0.2) is 54.6 Å². The Morgan fingerprint density at radius 1 is 1.08 bits per heavy atom. The van der Waals surface area contributed by atoms with Crippen LogP contribution in [0.5, 0.6) is 0 Å². The number of hydrogen-bond acceptors (Lipinski definition) is 3. The molecular formula is C21H23N3O2. The van der Waals surface area contributed by atoms with Gasteiger partial charge in [-0.15, -0.1) is 0 Å². The SMILES string of the molecule is O=C(CN1CCc2ccccc21)N[C@H]1CCC(=O)N[C@H]1c1ccccc1. The Balaban J connectivity index is 1.44. The molecule has 2 N–H and O–H groups in total. The summed E-state index contributed by atoms with van der Waals surface area (Å²) < 4.78 is 0. The molecule has 0 bridgehead atoms. The number of benzene rings is 2. The molecule has 2 aromatic carbocycles. The predicted molar refractivity (Wildman–Crippen MR) is 101 cm³/mol. The van der Waals surface area contributed by atoms with Crippen LogP contribution in [0.3, 0.4) is 0 Å². The van der Waals surface area contributed by atoms with Crippen LogP contribution in [0.25, 0.3) is 0 Å². The van der Waals surface area contributed by atoms with Gasteiger partial charge in [0.15, 0.2) is 0 Å². The van der Waals surface area contributed by atoms with Crippen molar-refractivity contribution in [1.29, 1.82) is 0 Å². The fraction of sp³-hybridized carbons (Fsp3) is 0.333. The average molecular weight is 349 g/mol. The highest BCUT2D eigenvalue weighted by atomic mass is 16.2. The zero-order chi connectivity index (χ0) is 17.9. The molecule has 2 aliphatic heterocycles. The molecule has 134 valence electrons. The minimum absolute atomic E-state index is 0.00350. The topological polar surface area (TPSA) is 61.4 Å². The van der Waals surface area contributed by atoms with Crippen molar-refractivity contribution in [3.05, 3.63) is 65.7 Å². The molecule has 4 rings (SSSR count). The Bertz CT molecular complexity index is 806.